The first kappa shape index (κ1) is 23.1. The van der Waals surface area contributed by atoms with Crippen molar-refractivity contribution in [2.75, 3.05) is 6.61 Å². The van der Waals surface area contributed by atoms with Gasteiger partial charge in [0, 0.05) is 0 Å². The normalized spacial score (nSPS) is 13.8. The van der Waals surface area contributed by atoms with Crippen LogP contribution in [0.15, 0.2) is 0 Å². The number of hydrogen-bond donors (Lipinski definition) is 0. The van der Waals surface area contributed by atoms with E-state index in [2.05, 4.69) is 6.92 Å². The molecule has 0 saturated carbocycles. The van der Waals surface area contributed by atoms with Gasteiger partial charge in [-0.2, -0.15) is 0 Å². The van der Waals surface area contributed by atoms with Gasteiger partial charge in [0.25, 0.3) is 0 Å². The van der Waals surface area contributed by atoms with E-state index in [9.17, 15) is 9.59 Å². The quantitative estimate of drug-likeness (QED) is 0.206. The molecule has 0 rings (SSSR count). The molecular weight excluding hydrogens is 300 g/mol. The van der Waals surface area contributed by atoms with Crippen molar-refractivity contribution in [1.29, 1.82) is 0 Å². The molecule has 0 aromatic carbocycles. The highest BCUT2D eigenvalue weighted by molar-refractivity contribution is 6.02. The zero-order valence-electron chi connectivity index (χ0n) is 16.8. The molecule has 3 nitrogen and oxygen atoms in total. The third-order valence-corrected chi connectivity index (χ3v) is 4.91. The standard InChI is InChI=1S/C21H40O3/c1-6-8-9-10-11-12-13-14-15-16-24-20(23)21(7-2,19(5)22)17-18(3)4/h18H,6-17H2,1-5H3. The van der Waals surface area contributed by atoms with Crippen molar-refractivity contribution in [2.24, 2.45) is 11.3 Å². The van der Waals surface area contributed by atoms with Crippen LogP contribution in [0.2, 0.25) is 0 Å². The van der Waals surface area contributed by atoms with Gasteiger partial charge in [-0.05, 0) is 32.1 Å². The molecule has 0 N–H and O–H groups in total. The van der Waals surface area contributed by atoms with Gasteiger partial charge in [0.15, 0.2) is 0 Å². The predicted molar refractivity (Wildman–Crippen MR) is 101 cm³/mol. The van der Waals surface area contributed by atoms with E-state index in [0.29, 0.717) is 25.4 Å². The molecule has 1 unspecified atom stereocenters. The Balaban J connectivity index is 3.99. The molecule has 0 radical (unpaired) electrons. The van der Waals surface area contributed by atoms with Crippen LogP contribution in [0.3, 0.4) is 0 Å². The SMILES string of the molecule is CCCCCCCCCCCOC(=O)C(CC)(CC(C)C)C(C)=O. The molecule has 0 aliphatic heterocycles. The maximum atomic E-state index is 12.5. The molecule has 1 atom stereocenters. The molecule has 0 spiro atoms. The molecule has 0 heterocycles. The van der Waals surface area contributed by atoms with Crippen LogP contribution in [0.4, 0.5) is 0 Å². The minimum atomic E-state index is -0.937. The average molecular weight is 341 g/mol. The van der Waals surface area contributed by atoms with Crippen molar-refractivity contribution in [3.63, 3.8) is 0 Å². The number of ether oxygens (including phenoxy) is 1. The topological polar surface area (TPSA) is 43.4 Å². The number of unbranched alkanes of at least 4 members (excludes halogenated alkanes) is 8. The van der Waals surface area contributed by atoms with Crippen molar-refractivity contribution in [2.45, 2.75) is 105 Å². The minimum Gasteiger partial charge on any atom is -0.465 e. The van der Waals surface area contributed by atoms with Crippen LogP contribution in [-0.4, -0.2) is 18.4 Å². The Labute approximate surface area is 149 Å². The number of carbonyl (C=O) groups is 2. The van der Waals surface area contributed by atoms with Crippen molar-refractivity contribution in [3.05, 3.63) is 0 Å². The van der Waals surface area contributed by atoms with Crippen molar-refractivity contribution >= 4 is 11.8 Å². The first-order chi connectivity index (χ1) is 11.4. The van der Waals surface area contributed by atoms with Crippen molar-refractivity contribution in [3.8, 4) is 0 Å². The lowest BCUT2D eigenvalue weighted by atomic mass is 9.75. The summed E-state index contributed by atoms with van der Waals surface area (Å²) in [5.74, 6) is -0.0735. The third kappa shape index (κ3) is 8.84. The van der Waals surface area contributed by atoms with Crippen LogP contribution >= 0.6 is 0 Å². The fourth-order valence-electron chi connectivity index (χ4n) is 3.32. The van der Waals surface area contributed by atoms with E-state index in [4.69, 9.17) is 4.74 Å². The van der Waals surface area contributed by atoms with Crippen molar-refractivity contribution in [1.82, 2.24) is 0 Å². The number of esters is 1. The van der Waals surface area contributed by atoms with E-state index >= 15 is 0 Å². The fourth-order valence-corrected chi connectivity index (χ4v) is 3.32. The molecule has 0 aromatic heterocycles. The first-order valence-electron chi connectivity index (χ1n) is 10.1. The zero-order valence-corrected chi connectivity index (χ0v) is 16.8. The summed E-state index contributed by atoms with van der Waals surface area (Å²) >= 11 is 0. The number of Topliss-reactive ketones (excluding diaryl/α,β-unsaturated/α-hetero) is 1. The molecule has 0 fully saturated rings. The Bertz CT molecular complexity index is 349. The molecule has 24 heavy (non-hydrogen) atoms. The molecule has 3 heteroatoms. The average Bonchev–Trinajstić information content (AvgIpc) is 2.53. The van der Waals surface area contributed by atoms with Gasteiger partial charge in [-0.15, -0.1) is 0 Å². The third-order valence-electron chi connectivity index (χ3n) is 4.91. The second-order valence-electron chi connectivity index (χ2n) is 7.55. The van der Waals surface area contributed by atoms with Gasteiger partial charge < -0.3 is 4.74 Å². The Morgan fingerprint density at radius 3 is 1.79 bits per heavy atom. The number of ketones is 1. The molecular formula is C21H40O3. The summed E-state index contributed by atoms with van der Waals surface area (Å²) in [6, 6.07) is 0. The van der Waals surface area contributed by atoms with Gasteiger partial charge in [0.2, 0.25) is 0 Å². The Morgan fingerprint density at radius 1 is 0.875 bits per heavy atom. The summed E-state index contributed by atoms with van der Waals surface area (Å²) in [5, 5.41) is 0. The van der Waals surface area contributed by atoms with Gasteiger partial charge in [-0.3, -0.25) is 9.59 Å². The molecule has 0 aliphatic carbocycles. The maximum absolute atomic E-state index is 12.5. The van der Waals surface area contributed by atoms with Gasteiger partial charge in [-0.1, -0.05) is 79.1 Å². The van der Waals surface area contributed by atoms with Gasteiger partial charge in [-0.25, -0.2) is 0 Å². The summed E-state index contributed by atoms with van der Waals surface area (Å²) < 4.78 is 5.46. The molecule has 0 aliphatic rings. The highest BCUT2D eigenvalue weighted by Gasteiger charge is 2.43. The smallest absolute Gasteiger partial charge is 0.319 e. The summed E-state index contributed by atoms with van der Waals surface area (Å²) in [5.41, 5.74) is -0.937. The predicted octanol–water partition coefficient (Wildman–Crippen LogP) is 6.09. The molecule has 0 saturated heterocycles. The van der Waals surface area contributed by atoms with Crippen LogP contribution in [-0.2, 0) is 14.3 Å². The van der Waals surface area contributed by atoms with E-state index in [0.717, 1.165) is 12.8 Å². The monoisotopic (exact) mass is 340 g/mol. The first-order valence-corrected chi connectivity index (χ1v) is 10.1. The van der Waals surface area contributed by atoms with Gasteiger partial charge in [0.1, 0.15) is 11.2 Å². The van der Waals surface area contributed by atoms with E-state index in [-0.39, 0.29) is 11.8 Å². The van der Waals surface area contributed by atoms with Gasteiger partial charge >= 0.3 is 5.97 Å². The molecule has 0 amide bonds. The van der Waals surface area contributed by atoms with E-state index in [1.807, 2.05) is 20.8 Å². The molecule has 0 aromatic rings. The van der Waals surface area contributed by atoms with Gasteiger partial charge in [0.05, 0.1) is 6.61 Å². The minimum absolute atomic E-state index is 0.0595. The Morgan fingerprint density at radius 2 is 1.38 bits per heavy atom. The van der Waals surface area contributed by atoms with Crippen LogP contribution in [0, 0.1) is 11.3 Å². The Kier molecular flexibility index (Phi) is 13.0. The lowest BCUT2D eigenvalue weighted by Gasteiger charge is -2.29. The van der Waals surface area contributed by atoms with Crippen LogP contribution in [0.1, 0.15) is 105 Å². The van der Waals surface area contributed by atoms with Crippen molar-refractivity contribution < 1.29 is 14.3 Å². The fraction of sp³-hybridized carbons (Fsp3) is 0.905. The largest absolute Gasteiger partial charge is 0.465 e. The summed E-state index contributed by atoms with van der Waals surface area (Å²) in [4.78, 5) is 24.5. The second kappa shape index (κ2) is 13.4. The number of rotatable bonds is 15. The van der Waals surface area contributed by atoms with Crippen LogP contribution < -0.4 is 0 Å². The summed E-state index contributed by atoms with van der Waals surface area (Å²) in [6.07, 6.45) is 12.3. The van der Waals surface area contributed by atoms with E-state index < -0.39 is 5.41 Å². The summed E-state index contributed by atoms with van der Waals surface area (Å²) in [7, 11) is 0. The lowest BCUT2D eigenvalue weighted by molar-refractivity contribution is -0.161. The highest BCUT2D eigenvalue weighted by atomic mass is 16.5. The zero-order chi connectivity index (χ0) is 18.4. The number of carbonyl (C=O) groups excluding carboxylic acids is 2. The molecule has 142 valence electrons. The summed E-state index contributed by atoms with van der Waals surface area (Å²) in [6.45, 7) is 10.2. The lowest BCUT2D eigenvalue weighted by Crippen LogP contribution is -2.40. The maximum Gasteiger partial charge on any atom is 0.319 e. The molecule has 0 bridgehead atoms. The second-order valence-corrected chi connectivity index (χ2v) is 7.55. The van der Waals surface area contributed by atoms with Crippen LogP contribution in [0.25, 0.3) is 0 Å². The van der Waals surface area contributed by atoms with E-state index in [1.165, 1.54) is 51.9 Å². The van der Waals surface area contributed by atoms with Crippen LogP contribution in [0.5, 0.6) is 0 Å². The van der Waals surface area contributed by atoms with E-state index in [1.54, 1.807) is 0 Å². The Hall–Kier alpha value is -0.860. The number of hydrogen-bond acceptors (Lipinski definition) is 3. The highest BCUT2D eigenvalue weighted by Crippen LogP contribution is 2.33.